The summed E-state index contributed by atoms with van der Waals surface area (Å²) in [6.45, 7) is 0.360. The van der Waals surface area contributed by atoms with Crippen molar-refractivity contribution in [1.82, 2.24) is 10.3 Å². The number of pyridine rings is 1. The first kappa shape index (κ1) is 15.1. The van der Waals surface area contributed by atoms with Crippen LogP contribution >= 0.6 is 0 Å². The maximum atomic E-state index is 12.4. The van der Waals surface area contributed by atoms with Crippen LogP contribution in [0, 0.1) is 0 Å². The van der Waals surface area contributed by atoms with Gasteiger partial charge >= 0.3 is 6.18 Å². The standard InChI is InChI=1S/C15H11F3N2O3/c16-15(17,18)13-4-2-10(7-19-13)14(21)20-6-9-1-3-11-12(5-9)23-8-22-11/h1-5,7H,6,8H2,(H,20,21). The molecular formula is C15H11F3N2O3. The number of halogens is 3. The molecule has 3 rings (SSSR count). The Bertz CT molecular complexity index is 730. The van der Waals surface area contributed by atoms with Gasteiger partial charge in [0, 0.05) is 12.7 Å². The van der Waals surface area contributed by atoms with Gasteiger partial charge in [0.1, 0.15) is 5.69 Å². The second kappa shape index (κ2) is 5.79. The van der Waals surface area contributed by atoms with E-state index in [0.29, 0.717) is 11.5 Å². The fourth-order valence-corrected chi connectivity index (χ4v) is 2.03. The first-order valence-electron chi connectivity index (χ1n) is 6.63. The molecule has 1 N–H and O–H groups in total. The molecule has 120 valence electrons. The van der Waals surface area contributed by atoms with Crippen molar-refractivity contribution < 1.29 is 27.4 Å². The van der Waals surface area contributed by atoms with E-state index in [1.54, 1.807) is 18.2 Å². The molecule has 2 aromatic rings. The Labute approximate surface area is 129 Å². The molecule has 23 heavy (non-hydrogen) atoms. The van der Waals surface area contributed by atoms with E-state index in [9.17, 15) is 18.0 Å². The number of amides is 1. The number of carbonyl (C=O) groups is 1. The van der Waals surface area contributed by atoms with Crippen LogP contribution in [0.5, 0.6) is 11.5 Å². The van der Waals surface area contributed by atoms with Crippen LogP contribution in [0.3, 0.4) is 0 Å². The Morgan fingerprint density at radius 3 is 2.65 bits per heavy atom. The molecule has 1 aromatic heterocycles. The molecule has 5 nitrogen and oxygen atoms in total. The smallest absolute Gasteiger partial charge is 0.433 e. The summed E-state index contributed by atoms with van der Waals surface area (Å²) in [7, 11) is 0. The van der Waals surface area contributed by atoms with Gasteiger partial charge in [-0.2, -0.15) is 13.2 Å². The first-order chi connectivity index (χ1) is 10.9. The lowest BCUT2D eigenvalue weighted by atomic mass is 10.2. The molecule has 0 atom stereocenters. The van der Waals surface area contributed by atoms with E-state index in [-0.39, 0.29) is 18.9 Å². The van der Waals surface area contributed by atoms with E-state index in [2.05, 4.69) is 10.3 Å². The molecule has 0 fully saturated rings. The summed E-state index contributed by atoms with van der Waals surface area (Å²) in [5.74, 6) is 0.712. The minimum Gasteiger partial charge on any atom is -0.454 e. The summed E-state index contributed by atoms with van der Waals surface area (Å²) in [5.41, 5.74) is -0.203. The van der Waals surface area contributed by atoms with Gasteiger partial charge < -0.3 is 14.8 Å². The van der Waals surface area contributed by atoms with E-state index < -0.39 is 17.8 Å². The Balaban J connectivity index is 1.63. The molecule has 0 saturated heterocycles. The second-order valence-corrected chi connectivity index (χ2v) is 4.80. The van der Waals surface area contributed by atoms with Crippen LogP contribution < -0.4 is 14.8 Å². The third kappa shape index (κ3) is 3.36. The minimum absolute atomic E-state index is 0.0544. The molecule has 8 heteroatoms. The fourth-order valence-electron chi connectivity index (χ4n) is 2.03. The van der Waals surface area contributed by atoms with E-state index in [1.807, 2.05) is 0 Å². The maximum absolute atomic E-state index is 12.4. The minimum atomic E-state index is -4.53. The third-order valence-corrected chi connectivity index (χ3v) is 3.21. The maximum Gasteiger partial charge on any atom is 0.433 e. The zero-order valence-corrected chi connectivity index (χ0v) is 11.7. The number of benzene rings is 1. The molecule has 1 aromatic carbocycles. The third-order valence-electron chi connectivity index (χ3n) is 3.21. The highest BCUT2D eigenvalue weighted by atomic mass is 19.4. The molecule has 0 unspecified atom stereocenters. The van der Waals surface area contributed by atoms with Crippen molar-refractivity contribution in [3.63, 3.8) is 0 Å². The van der Waals surface area contributed by atoms with Crippen LogP contribution in [0.4, 0.5) is 13.2 Å². The summed E-state index contributed by atoms with van der Waals surface area (Å²) in [6.07, 6.45) is -3.63. The molecule has 1 aliphatic rings. The normalized spacial score (nSPS) is 13.0. The molecule has 0 radical (unpaired) electrons. The van der Waals surface area contributed by atoms with Gasteiger partial charge in [-0.15, -0.1) is 0 Å². The van der Waals surface area contributed by atoms with Crippen LogP contribution in [0.1, 0.15) is 21.6 Å². The Hall–Kier alpha value is -2.77. The van der Waals surface area contributed by atoms with Gasteiger partial charge in [0.15, 0.2) is 11.5 Å². The number of nitrogens with zero attached hydrogens (tertiary/aromatic N) is 1. The fraction of sp³-hybridized carbons (Fsp3) is 0.200. The molecule has 2 heterocycles. The first-order valence-corrected chi connectivity index (χ1v) is 6.63. The van der Waals surface area contributed by atoms with Gasteiger partial charge in [-0.05, 0) is 29.8 Å². The van der Waals surface area contributed by atoms with Gasteiger partial charge in [-0.3, -0.25) is 9.78 Å². The van der Waals surface area contributed by atoms with Gasteiger partial charge in [-0.1, -0.05) is 6.07 Å². The average Bonchev–Trinajstić information content (AvgIpc) is 2.99. The average molecular weight is 324 g/mol. The summed E-state index contributed by atoms with van der Waals surface area (Å²) >= 11 is 0. The summed E-state index contributed by atoms with van der Waals surface area (Å²) in [6, 6.07) is 7.08. The van der Waals surface area contributed by atoms with E-state index in [1.165, 1.54) is 0 Å². The summed E-state index contributed by atoms with van der Waals surface area (Å²) < 4.78 is 47.6. The SMILES string of the molecule is O=C(NCc1ccc2c(c1)OCO2)c1ccc(C(F)(F)F)nc1. The van der Waals surface area contributed by atoms with Crippen LogP contribution in [0.15, 0.2) is 36.5 Å². The van der Waals surface area contributed by atoms with Gasteiger partial charge in [-0.25, -0.2) is 0 Å². The number of nitrogens with one attached hydrogen (secondary N) is 1. The lowest BCUT2D eigenvalue weighted by Gasteiger charge is -2.08. The number of carbonyl (C=O) groups excluding carboxylic acids is 1. The van der Waals surface area contributed by atoms with Crippen molar-refractivity contribution in [2.45, 2.75) is 12.7 Å². The number of fused-ring (bicyclic) bond motifs is 1. The molecule has 0 bridgehead atoms. The number of ether oxygens (including phenoxy) is 2. The van der Waals surface area contributed by atoms with Crippen molar-refractivity contribution in [2.24, 2.45) is 0 Å². The zero-order valence-electron chi connectivity index (χ0n) is 11.7. The topological polar surface area (TPSA) is 60.5 Å². The lowest BCUT2D eigenvalue weighted by molar-refractivity contribution is -0.141. The number of hydrogen-bond donors (Lipinski definition) is 1. The van der Waals surface area contributed by atoms with Crippen LogP contribution in [0.25, 0.3) is 0 Å². The molecule has 0 spiro atoms. The van der Waals surface area contributed by atoms with Gasteiger partial charge in [0.05, 0.1) is 5.56 Å². The summed E-state index contributed by atoms with van der Waals surface area (Å²) in [5, 5.41) is 2.61. The molecule has 1 amide bonds. The molecule has 1 aliphatic heterocycles. The van der Waals surface area contributed by atoms with Gasteiger partial charge in [0.2, 0.25) is 6.79 Å². The van der Waals surface area contributed by atoms with E-state index >= 15 is 0 Å². The number of alkyl halides is 3. The highest BCUT2D eigenvalue weighted by Gasteiger charge is 2.32. The largest absolute Gasteiger partial charge is 0.454 e. The molecular weight excluding hydrogens is 313 g/mol. The van der Waals surface area contributed by atoms with Crippen molar-refractivity contribution in [2.75, 3.05) is 6.79 Å². The lowest BCUT2D eigenvalue weighted by Crippen LogP contribution is -2.23. The highest BCUT2D eigenvalue weighted by molar-refractivity contribution is 5.93. The van der Waals surface area contributed by atoms with Crippen LogP contribution in [-0.4, -0.2) is 17.7 Å². The van der Waals surface area contributed by atoms with Crippen molar-refractivity contribution in [1.29, 1.82) is 0 Å². The second-order valence-electron chi connectivity index (χ2n) is 4.80. The summed E-state index contributed by atoms with van der Waals surface area (Å²) in [4.78, 5) is 15.2. The number of aromatic nitrogens is 1. The van der Waals surface area contributed by atoms with E-state index in [0.717, 1.165) is 23.9 Å². The van der Waals surface area contributed by atoms with Crippen molar-refractivity contribution in [3.05, 3.63) is 53.3 Å². The van der Waals surface area contributed by atoms with Crippen LogP contribution in [0.2, 0.25) is 0 Å². The molecule has 0 saturated carbocycles. The quantitative estimate of drug-likeness (QED) is 0.943. The Morgan fingerprint density at radius 2 is 1.96 bits per heavy atom. The zero-order chi connectivity index (χ0) is 16.4. The highest BCUT2D eigenvalue weighted by Crippen LogP contribution is 2.32. The van der Waals surface area contributed by atoms with E-state index in [4.69, 9.17) is 9.47 Å². The van der Waals surface area contributed by atoms with Crippen molar-refractivity contribution >= 4 is 5.91 Å². The Kier molecular flexibility index (Phi) is 3.81. The van der Waals surface area contributed by atoms with Crippen LogP contribution in [-0.2, 0) is 12.7 Å². The monoisotopic (exact) mass is 324 g/mol. The van der Waals surface area contributed by atoms with Crippen molar-refractivity contribution in [3.8, 4) is 11.5 Å². The number of hydrogen-bond acceptors (Lipinski definition) is 4. The number of rotatable bonds is 3. The molecule has 0 aliphatic carbocycles. The van der Waals surface area contributed by atoms with Gasteiger partial charge in [0.25, 0.3) is 5.91 Å². The predicted octanol–water partition coefficient (Wildman–Crippen LogP) is 2.76. The predicted molar refractivity (Wildman–Crippen MR) is 73.0 cm³/mol. The Morgan fingerprint density at radius 1 is 1.17 bits per heavy atom.